The quantitative estimate of drug-likeness (QED) is 0.0451. The van der Waals surface area contributed by atoms with Gasteiger partial charge in [0.2, 0.25) is 11.8 Å². The lowest BCUT2D eigenvalue weighted by Crippen LogP contribution is -2.46. The summed E-state index contributed by atoms with van der Waals surface area (Å²) in [7, 11) is -16.3. The lowest BCUT2D eigenvalue weighted by Gasteiger charge is -2.30. The average molecular weight is 866 g/mol. The van der Waals surface area contributed by atoms with Crippen molar-refractivity contribution in [3.05, 3.63) is 38.0 Å². The number of carbonyl (C=O) groups is 2. The second-order valence-electron chi connectivity index (χ2n) is 12.4. The maximum Gasteiger partial charge on any atom is 0.481 e. The number of phosphoric acid groups is 3. The molecule has 0 radical (unpaired) electrons. The fraction of sp³-hybridized carbons (Fsp3) is 0.593. The minimum Gasteiger partial charge on any atom is -0.386 e. The van der Waals surface area contributed by atoms with Crippen LogP contribution in [-0.2, 0) is 45.9 Å². The number of imidazole rings is 1. The monoisotopic (exact) mass is 865 g/mol. The van der Waals surface area contributed by atoms with Crippen LogP contribution in [0.1, 0.15) is 33.4 Å². The molecule has 0 aromatic carbocycles. The Kier molecular flexibility index (Phi) is 17.8. The first-order valence-corrected chi connectivity index (χ1v) is 20.9. The lowest BCUT2D eigenvalue weighted by molar-refractivity contribution is -0.137. The zero-order valence-electron chi connectivity index (χ0n) is 29.7. The fourth-order valence-corrected chi connectivity index (χ4v) is 7.16. The normalized spacial score (nSPS) is 21.7. The summed E-state index contributed by atoms with van der Waals surface area (Å²) in [4.78, 5) is 74.6. The Morgan fingerprint density at radius 2 is 1.69 bits per heavy atom. The maximum absolute atomic E-state index is 12.6. The summed E-state index contributed by atoms with van der Waals surface area (Å²) in [6.45, 7) is 9.11. The first kappa shape index (κ1) is 48.5. The highest BCUT2D eigenvalue weighted by atomic mass is 32.1. The number of nitrogens with one attached hydrogen (secondary N) is 2. The second kappa shape index (κ2) is 20.1. The zero-order valence-corrected chi connectivity index (χ0v) is 33.3. The molecule has 2 amide bonds. The molecular formula is C27H46N7O17P3S. The number of nitrogens with zero attached hydrogens (tertiary/aromatic N) is 4. The third-order valence-corrected chi connectivity index (χ3v) is 10.7. The predicted molar refractivity (Wildman–Crippen MR) is 195 cm³/mol. The molecule has 1 fully saturated rings. The molecule has 2 aromatic rings. The van der Waals surface area contributed by atoms with Gasteiger partial charge in [-0.15, -0.1) is 0 Å². The van der Waals surface area contributed by atoms with Crippen LogP contribution in [0.25, 0.3) is 11.2 Å². The number of aliphatic hydroxyl groups excluding tert-OH is 2. The summed E-state index contributed by atoms with van der Waals surface area (Å²) in [6.07, 6.45) is -3.88. The van der Waals surface area contributed by atoms with Gasteiger partial charge in [-0.2, -0.15) is 16.9 Å². The van der Waals surface area contributed by atoms with Crippen LogP contribution in [0, 0.1) is 5.41 Å². The summed E-state index contributed by atoms with van der Waals surface area (Å²) in [6, 6.07) is 0. The Hall–Kier alpha value is -2.67. The summed E-state index contributed by atoms with van der Waals surface area (Å²) < 4.78 is 61.7. The van der Waals surface area contributed by atoms with Gasteiger partial charge in [0.25, 0.3) is 0 Å². The molecule has 3 heterocycles. The summed E-state index contributed by atoms with van der Waals surface area (Å²) >= 11 is 3.95. The fourth-order valence-electron chi connectivity index (χ4n) is 4.22. The number of anilines is 1. The number of thiol groups is 1. The number of ether oxygens (including phenoxy) is 1. The number of aromatic nitrogens is 4. The standard InChI is InChI=1S/C21H36N7O16P3S.C6H10O/c1-21(2,16(31)19(32)24-4-3-12(29)23-5-6-48)8-41-47(38,39)44-46(36,37)40-7-11-15(43-45(33,34)35)14(30)20(42-11)28-10-27-13-17(22)25-9-26-18(13)28;1-4-6(3,7)5-2/h9-11,14-16,20,30-31,48H,3-8H2,1-2H3,(H,23,29)(H,24,32)(H,36,37)(H,38,39)(H2,22,25,26)(H2,33,34,35);4-5,7H,1-2H2,3H3/t11-,14-,15-,16?,20-;/m1./s1. The first-order chi connectivity index (χ1) is 25.3. The van der Waals surface area contributed by atoms with Crippen molar-refractivity contribution in [1.82, 2.24) is 30.2 Å². The van der Waals surface area contributed by atoms with Gasteiger partial charge in [0, 0.05) is 30.7 Å². The topological polar surface area (TPSA) is 367 Å². The molecule has 7 atom stereocenters. The Morgan fingerprint density at radius 3 is 2.25 bits per heavy atom. The number of aliphatic hydroxyl groups is 3. The van der Waals surface area contributed by atoms with E-state index in [0.29, 0.717) is 12.3 Å². The number of fused-ring (bicyclic) bond motifs is 1. The molecule has 0 spiro atoms. The van der Waals surface area contributed by atoms with E-state index in [2.05, 4.69) is 60.2 Å². The molecular weight excluding hydrogens is 819 g/mol. The van der Waals surface area contributed by atoms with Crippen LogP contribution in [0.2, 0.25) is 0 Å². The van der Waals surface area contributed by atoms with E-state index in [1.54, 1.807) is 6.92 Å². The Morgan fingerprint density at radius 1 is 1.07 bits per heavy atom. The van der Waals surface area contributed by atoms with E-state index in [1.165, 1.54) is 26.0 Å². The van der Waals surface area contributed by atoms with E-state index in [0.717, 1.165) is 17.2 Å². The average Bonchev–Trinajstić information content (AvgIpc) is 3.65. The highest BCUT2D eigenvalue weighted by Crippen LogP contribution is 2.61. The van der Waals surface area contributed by atoms with E-state index >= 15 is 0 Å². The number of rotatable bonds is 20. The molecule has 55 heavy (non-hydrogen) atoms. The van der Waals surface area contributed by atoms with Gasteiger partial charge in [-0.3, -0.25) is 27.7 Å². The minimum absolute atomic E-state index is 0.0363. The van der Waals surface area contributed by atoms with Crippen molar-refractivity contribution in [2.45, 2.75) is 63.4 Å². The van der Waals surface area contributed by atoms with Gasteiger partial charge in [-0.25, -0.2) is 28.6 Å². The van der Waals surface area contributed by atoms with Crippen molar-refractivity contribution in [2.75, 3.05) is 37.8 Å². The van der Waals surface area contributed by atoms with Crippen molar-refractivity contribution in [2.24, 2.45) is 5.41 Å². The van der Waals surface area contributed by atoms with Gasteiger partial charge < -0.3 is 56.0 Å². The number of carbonyl (C=O) groups excluding carboxylic acids is 2. The maximum atomic E-state index is 12.6. The molecule has 1 aliphatic heterocycles. The smallest absolute Gasteiger partial charge is 0.386 e. The van der Waals surface area contributed by atoms with Crippen LogP contribution < -0.4 is 16.4 Å². The Labute approximate surface area is 320 Å². The molecule has 0 bridgehead atoms. The second-order valence-corrected chi connectivity index (χ2v) is 17.1. The van der Waals surface area contributed by atoms with Crippen LogP contribution in [0.4, 0.5) is 5.82 Å². The molecule has 0 saturated carbocycles. The van der Waals surface area contributed by atoms with E-state index in [9.17, 15) is 53.1 Å². The van der Waals surface area contributed by atoms with Crippen LogP contribution in [0.5, 0.6) is 0 Å². The van der Waals surface area contributed by atoms with E-state index in [-0.39, 0.29) is 35.9 Å². The summed E-state index contributed by atoms with van der Waals surface area (Å²) in [5.74, 6) is -0.943. The number of amides is 2. The largest absolute Gasteiger partial charge is 0.481 e. The van der Waals surface area contributed by atoms with Gasteiger partial charge in [0.05, 0.1) is 25.1 Å². The Balaban J connectivity index is 0.00000136. The van der Waals surface area contributed by atoms with Gasteiger partial charge in [-0.05, 0) is 6.92 Å². The highest BCUT2D eigenvalue weighted by molar-refractivity contribution is 7.80. The molecule has 28 heteroatoms. The van der Waals surface area contributed by atoms with Crippen molar-refractivity contribution >= 4 is 64.9 Å². The van der Waals surface area contributed by atoms with E-state index < -0.39 is 84.2 Å². The number of hydrogen-bond acceptors (Lipinski definition) is 18. The van der Waals surface area contributed by atoms with Gasteiger partial charge in [-0.1, -0.05) is 39.2 Å². The number of hydrogen-bond donors (Lipinski definition) is 11. The Bertz CT molecular complexity index is 1780. The third kappa shape index (κ3) is 15.3. The molecule has 24 nitrogen and oxygen atoms in total. The first-order valence-electron chi connectivity index (χ1n) is 15.8. The van der Waals surface area contributed by atoms with Crippen LogP contribution in [0.3, 0.4) is 0 Å². The molecule has 0 aliphatic carbocycles. The number of phosphoric ester groups is 3. The van der Waals surface area contributed by atoms with E-state index in [4.69, 9.17) is 24.6 Å². The van der Waals surface area contributed by atoms with Crippen molar-refractivity contribution < 1.29 is 80.8 Å². The lowest BCUT2D eigenvalue weighted by atomic mass is 9.87. The molecule has 11 N–H and O–H groups in total. The molecule has 312 valence electrons. The van der Waals surface area contributed by atoms with Gasteiger partial charge in [0.1, 0.15) is 36.3 Å². The highest BCUT2D eigenvalue weighted by Gasteiger charge is 2.50. The van der Waals surface area contributed by atoms with Crippen molar-refractivity contribution in [1.29, 1.82) is 0 Å². The van der Waals surface area contributed by atoms with Gasteiger partial charge in [0.15, 0.2) is 17.7 Å². The molecule has 1 saturated heterocycles. The van der Waals surface area contributed by atoms with Crippen LogP contribution in [0.15, 0.2) is 38.0 Å². The van der Waals surface area contributed by atoms with Crippen LogP contribution >= 0.6 is 36.1 Å². The molecule has 1 aliphatic rings. The number of nitrogens with two attached hydrogens (primary N) is 1. The summed E-state index contributed by atoms with van der Waals surface area (Å²) in [5, 5.41) is 35.0. The predicted octanol–water partition coefficient (Wildman–Crippen LogP) is -0.556. The molecule has 3 rings (SSSR count). The van der Waals surface area contributed by atoms with E-state index in [1.807, 2.05) is 0 Å². The van der Waals surface area contributed by atoms with Crippen molar-refractivity contribution in [3.8, 4) is 0 Å². The zero-order chi connectivity index (χ0) is 42.0. The molecule has 3 unspecified atom stereocenters. The third-order valence-electron chi connectivity index (χ3n) is 7.34. The van der Waals surface area contributed by atoms with Crippen molar-refractivity contribution in [3.63, 3.8) is 0 Å². The SMILES string of the molecule is C=CC(C)(O)C=C.CC(C)(COP(=O)(O)OP(=O)(O)OC[C@H]1O[C@@H](n2cnc3c(N)ncnc32)[C@H](O)[C@@H]1OP(=O)(O)O)C(O)C(=O)NCCC(=O)NCCS. The van der Waals surface area contributed by atoms with Gasteiger partial charge >= 0.3 is 23.5 Å². The minimum atomic E-state index is -5.54. The molecule has 2 aromatic heterocycles. The number of nitrogen functional groups attached to an aromatic ring is 1. The summed E-state index contributed by atoms with van der Waals surface area (Å²) in [5.41, 5.74) is 3.41. The van der Waals surface area contributed by atoms with Crippen LogP contribution in [-0.4, -0.2) is 128 Å².